The maximum Gasteiger partial charge on any atom is 0.231 e. The van der Waals surface area contributed by atoms with Crippen molar-refractivity contribution in [3.63, 3.8) is 0 Å². The predicted molar refractivity (Wildman–Crippen MR) is 64.2 cm³/mol. The van der Waals surface area contributed by atoms with Gasteiger partial charge in [-0.3, -0.25) is 9.59 Å². The third kappa shape index (κ3) is 2.08. The standard InChI is InChI=1S/C13H15NO3/c1-2-12(16)9-3-4-11-10(7-9)8-13(17)14(11)5-6-15/h3-4,7,15H,2,5-6,8H2,1H3. The number of carbonyl (C=O) groups is 2. The Morgan fingerprint density at radius 2 is 2.24 bits per heavy atom. The molecule has 4 heteroatoms. The maximum atomic E-state index is 11.7. The number of Topliss-reactive ketones (excluding diaryl/α,β-unsaturated/α-hetero) is 1. The first-order valence-electron chi connectivity index (χ1n) is 5.74. The van der Waals surface area contributed by atoms with Crippen LogP contribution in [0.25, 0.3) is 0 Å². The van der Waals surface area contributed by atoms with Crippen molar-refractivity contribution in [1.29, 1.82) is 0 Å². The van der Waals surface area contributed by atoms with Crippen LogP contribution < -0.4 is 4.90 Å². The van der Waals surface area contributed by atoms with Crippen molar-refractivity contribution in [2.24, 2.45) is 0 Å². The van der Waals surface area contributed by atoms with Crippen molar-refractivity contribution in [3.05, 3.63) is 29.3 Å². The smallest absolute Gasteiger partial charge is 0.231 e. The number of nitrogens with zero attached hydrogens (tertiary/aromatic N) is 1. The van der Waals surface area contributed by atoms with E-state index in [1.54, 1.807) is 23.1 Å². The van der Waals surface area contributed by atoms with E-state index in [4.69, 9.17) is 5.11 Å². The molecule has 0 unspecified atom stereocenters. The van der Waals surface area contributed by atoms with Crippen molar-refractivity contribution in [2.75, 3.05) is 18.1 Å². The average molecular weight is 233 g/mol. The van der Waals surface area contributed by atoms with Crippen LogP contribution >= 0.6 is 0 Å². The van der Waals surface area contributed by atoms with Crippen LogP contribution in [0.15, 0.2) is 18.2 Å². The largest absolute Gasteiger partial charge is 0.395 e. The van der Waals surface area contributed by atoms with E-state index in [1.807, 2.05) is 6.92 Å². The Morgan fingerprint density at radius 1 is 1.47 bits per heavy atom. The Kier molecular flexibility index (Phi) is 3.24. The summed E-state index contributed by atoms with van der Waals surface area (Å²) in [7, 11) is 0. The van der Waals surface area contributed by atoms with Gasteiger partial charge in [0.25, 0.3) is 0 Å². The van der Waals surface area contributed by atoms with E-state index in [1.165, 1.54) is 0 Å². The SMILES string of the molecule is CCC(=O)c1ccc2c(c1)CC(=O)N2CCO. The first-order valence-corrected chi connectivity index (χ1v) is 5.74. The zero-order valence-corrected chi connectivity index (χ0v) is 9.77. The van der Waals surface area contributed by atoms with Gasteiger partial charge in [0.15, 0.2) is 5.78 Å². The molecule has 1 N–H and O–H groups in total. The number of rotatable bonds is 4. The van der Waals surface area contributed by atoms with Crippen molar-refractivity contribution in [1.82, 2.24) is 0 Å². The molecule has 1 heterocycles. The van der Waals surface area contributed by atoms with E-state index < -0.39 is 0 Å². The van der Waals surface area contributed by atoms with E-state index in [2.05, 4.69) is 0 Å². The first kappa shape index (κ1) is 11.8. The average Bonchev–Trinajstić information content (AvgIpc) is 2.64. The van der Waals surface area contributed by atoms with Crippen molar-refractivity contribution in [2.45, 2.75) is 19.8 Å². The number of hydrogen-bond acceptors (Lipinski definition) is 3. The lowest BCUT2D eigenvalue weighted by Crippen LogP contribution is -2.29. The molecule has 0 radical (unpaired) electrons. The molecule has 0 saturated heterocycles. The predicted octanol–water partition coefficient (Wildman–Crippen LogP) is 1.16. The number of amides is 1. The highest BCUT2D eigenvalue weighted by Crippen LogP contribution is 2.29. The zero-order valence-electron chi connectivity index (χ0n) is 9.77. The van der Waals surface area contributed by atoms with Gasteiger partial charge >= 0.3 is 0 Å². The van der Waals surface area contributed by atoms with Crippen LogP contribution in [0.3, 0.4) is 0 Å². The quantitative estimate of drug-likeness (QED) is 0.794. The van der Waals surface area contributed by atoms with Crippen LogP contribution in [0.1, 0.15) is 29.3 Å². The fraction of sp³-hybridized carbons (Fsp3) is 0.385. The van der Waals surface area contributed by atoms with Gasteiger partial charge in [-0.2, -0.15) is 0 Å². The van der Waals surface area contributed by atoms with Crippen molar-refractivity contribution >= 4 is 17.4 Å². The van der Waals surface area contributed by atoms with Crippen molar-refractivity contribution < 1.29 is 14.7 Å². The number of fused-ring (bicyclic) bond motifs is 1. The Bertz CT molecular complexity index is 468. The van der Waals surface area contributed by atoms with Gasteiger partial charge in [0, 0.05) is 24.2 Å². The molecule has 1 aliphatic heterocycles. The van der Waals surface area contributed by atoms with E-state index in [9.17, 15) is 9.59 Å². The summed E-state index contributed by atoms with van der Waals surface area (Å²) in [5, 5.41) is 8.90. The van der Waals surface area contributed by atoms with Crippen LogP contribution in [0.5, 0.6) is 0 Å². The maximum absolute atomic E-state index is 11.7. The molecule has 1 aliphatic rings. The van der Waals surface area contributed by atoms with E-state index in [0.717, 1.165) is 11.3 Å². The minimum atomic E-state index is -0.0547. The molecular weight excluding hydrogens is 218 g/mol. The minimum Gasteiger partial charge on any atom is -0.395 e. The fourth-order valence-corrected chi connectivity index (χ4v) is 2.11. The Labute approximate surface area is 99.9 Å². The lowest BCUT2D eigenvalue weighted by Gasteiger charge is -2.15. The van der Waals surface area contributed by atoms with Crippen LogP contribution in [0.4, 0.5) is 5.69 Å². The number of aliphatic hydroxyl groups is 1. The Balaban J connectivity index is 2.34. The minimum absolute atomic E-state index is 0.0184. The molecule has 0 aromatic heterocycles. The van der Waals surface area contributed by atoms with Crippen LogP contribution in [0.2, 0.25) is 0 Å². The third-order valence-corrected chi connectivity index (χ3v) is 2.98. The molecular formula is C13H15NO3. The van der Waals surface area contributed by atoms with Crippen molar-refractivity contribution in [3.8, 4) is 0 Å². The molecule has 0 fully saturated rings. The summed E-state index contributed by atoms with van der Waals surface area (Å²) in [5.74, 6) is 0.0657. The number of β-amino-alcohol motifs (C(OH)–C–C–N with tert-alkyl or cyclic N) is 1. The summed E-state index contributed by atoms with van der Waals surface area (Å²) in [6.45, 7) is 2.08. The van der Waals surface area contributed by atoms with Gasteiger partial charge in [-0.25, -0.2) is 0 Å². The molecule has 0 saturated carbocycles. The highest BCUT2D eigenvalue weighted by atomic mass is 16.3. The van der Waals surface area contributed by atoms with Crippen LogP contribution in [-0.2, 0) is 11.2 Å². The third-order valence-electron chi connectivity index (χ3n) is 2.98. The van der Waals surface area contributed by atoms with Crippen LogP contribution in [0, 0.1) is 0 Å². The lowest BCUT2D eigenvalue weighted by molar-refractivity contribution is -0.117. The van der Waals surface area contributed by atoms with E-state index >= 15 is 0 Å². The number of ketones is 1. The number of aliphatic hydroxyl groups excluding tert-OH is 1. The second-order valence-electron chi connectivity index (χ2n) is 4.07. The molecule has 0 spiro atoms. The van der Waals surface area contributed by atoms with Gasteiger partial charge < -0.3 is 10.0 Å². The Hall–Kier alpha value is -1.68. The molecule has 1 aromatic carbocycles. The molecule has 1 amide bonds. The van der Waals surface area contributed by atoms with Gasteiger partial charge in [-0.1, -0.05) is 6.92 Å². The molecule has 0 aliphatic carbocycles. The summed E-state index contributed by atoms with van der Waals surface area (Å²) < 4.78 is 0. The zero-order chi connectivity index (χ0) is 12.4. The summed E-state index contributed by atoms with van der Waals surface area (Å²) in [5.41, 5.74) is 2.35. The van der Waals surface area contributed by atoms with E-state index in [0.29, 0.717) is 24.9 Å². The molecule has 2 rings (SSSR count). The number of hydrogen-bond donors (Lipinski definition) is 1. The topological polar surface area (TPSA) is 57.6 Å². The molecule has 0 atom stereocenters. The fourth-order valence-electron chi connectivity index (χ4n) is 2.11. The number of carbonyl (C=O) groups excluding carboxylic acids is 2. The van der Waals surface area contributed by atoms with Gasteiger partial charge in [-0.05, 0) is 23.8 Å². The molecule has 17 heavy (non-hydrogen) atoms. The number of anilines is 1. The molecule has 1 aromatic rings. The van der Waals surface area contributed by atoms with Gasteiger partial charge in [-0.15, -0.1) is 0 Å². The summed E-state index contributed by atoms with van der Waals surface area (Å²) >= 11 is 0. The second-order valence-corrected chi connectivity index (χ2v) is 4.07. The monoisotopic (exact) mass is 233 g/mol. The van der Waals surface area contributed by atoms with Crippen LogP contribution in [-0.4, -0.2) is 29.9 Å². The van der Waals surface area contributed by atoms with Gasteiger partial charge in [0.2, 0.25) is 5.91 Å². The van der Waals surface area contributed by atoms with Gasteiger partial charge in [0.05, 0.1) is 13.0 Å². The summed E-state index contributed by atoms with van der Waals surface area (Å²) in [6, 6.07) is 5.32. The molecule has 4 nitrogen and oxygen atoms in total. The highest BCUT2D eigenvalue weighted by Gasteiger charge is 2.27. The molecule has 90 valence electrons. The summed E-state index contributed by atoms with van der Waals surface area (Å²) in [4.78, 5) is 24.8. The Morgan fingerprint density at radius 3 is 2.88 bits per heavy atom. The first-order chi connectivity index (χ1) is 8.17. The molecule has 0 bridgehead atoms. The highest BCUT2D eigenvalue weighted by molar-refractivity contribution is 6.03. The second kappa shape index (κ2) is 4.67. The normalized spacial score (nSPS) is 14.0. The number of benzene rings is 1. The lowest BCUT2D eigenvalue weighted by atomic mass is 10.0. The van der Waals surface area contributed by atoms with E-state index in [-0.39, 0.29) is 18.3 Å². The van der Waals surface area contributed by atoms with Gasteiger partial charge in [0.1, 0.15) is 0 Å². The summed E-state index contributed by atoms with van der Waals surface area (Å²) in [6.07, 6.45) is 0.785.